The lowest BCUT2D eigenvalue weighted by Gasteiger charge is -2.25. The molecule has 2 saturated heterocycles. The first kappa shape index (κ1) is 20.8. The fourth-order valence-corrected chi connectivity index (χ4v) is 4.49. The highest BCUT2D eigenvalue weighted by molar-refractivity contribution is 5.66. The molecular formula is C24H32O4. The molecule has 2 aliphatic rings. The average Bonchev–Trinajstić information content (AvgIpc) is 3.30. The Morgan fingerprint density at radius 1 is 1.21 bits per heavy atom. The van der Waals surface area contributed by atoms with Crippen LogP contribution in [-0.4, -0.2) is 34.5 Å². The number of unbranched alkanes of at least 4 members (excludes halogenated alkanes) is 1. The van der Waals surface area contributed by atoms with Gasteiger partial charge in [0.2, 0.25) is 0 Å². The summed E-state index contributed by atoms with van der Waals surface area (Å²) in [6.07, 6.45) is 13.4. The number of benzene rings is 1. The van der Waals surface area contributed by atoms with Crippen molar-refractivity contribution in [3.63, 3.8) is 0 Å². The summed E-state index contributed by atoms with van der Waals surface area (Å²) in [5.41, 5.74) is 1.14. The number of carboxylic acid groups (broad SMARTS) is 1. The number of aliphatic hydroxyl groups is 1. The number of allylic oxidation sites excluding steroid dienone is 2. The molecule has 4 nitrogen and oxygen atoms in total. The molecule has 0 aromatic heterocycles. The number of aliphatic carboxylic acids is 1. The summed E-state index contributed by atoms with van der Waals surface area (Å²) in [6.45, 7) is 2.05. The average molecular weight is 385 g/mol. The van der Waals surface area contributed by atoms with E-state index in [0.29, 0.717) is 24.4 Å². The summed E-state index contributed by atoms with van der Waals surface area (Å²) >= 11 is 0. The van der Waals surface area contributed by atoms with Crippen molar-refractivity contribution < 1.29 is 19.7 Å². The molecule has 2 aliphatic heterocycles. The maximum absolute atomic E-state index is 10.6. The molecular weight excluding hydrogens is 352 g/mol. The van der Waals surface area contributed by atoms with Gasteiger partial charge in [-0.15, -0.1) is 0 Å². The van der Waals surface area contributed by atoms with Gasteiger partial charge in [-0.1, -0.05) is 61.6 Å². The third-order valence-electron chi connectivity index (χ3n) is 6.19. The van der Waals surface area contributed by atoms with Crippen molar-refractivity contribution in [1.82, 2.24) is 0 Å². The first-order chi connectivity index (χ1) is 13.6. The minimum absolute atomic E-state index is 0.0598. The molecule has 2 heterocycles. The van der Waals surface area contributed by atoms with Crippen LogP contribution in [0.3, 0.4) is 0 Å². The zero-order valence-electron chi connectivity index (χ0n) is 16.6. The molecule has 0 amide bonds. The second kappa shape index (κ2) is 10.0. The second-order valence-electron chi connectivity index (χ2n) is 8.10. The Morgan fingerprint density at radius 2 is 1.96 bits per heavy atom. The molecule has 152 valence electrons. The Balaban J connectivity index is 1.54. The first-order valence-electron chi connectivity index (χ1n) is 10.5. The van der Waals surface area contributed by atoms with Crippen molar-refractivity contribution in [2.24, 2.45) is 11.8 Å². The highest BCUT2D eigenvalue weighted by Gasteiger charge is 2.46. The van der Waals surface area contributed by atoms with Gasteiger partial charge in [-0.05, 0) is 43.6 Å². The Morgan fingerprint density at radius 3 is 2.71 bits per heavy atom. The zero-order chi connectivity index (χ0) is 19.9. The molecule has 0 saturated carbocycles. The van der Waals surface area contributed by atoms with Crippen LogP contribution in [0.25, 0.3) is 0 Å². The topological polar surface area (TPSA) is 66.8 Å². The van der Waals surface area contributed by atoms with Crippen molar-refractivity contribution >= 4 is 5.97 Å². The predicted octanol–water partition coefficient (Wildman–Crippen LogP) is 4.70. The van der Waals surface area contributed by atoms with Gasteiger partial charge >= 0.3 is 5.97 Å². The van der Waals surface area contributed by atoms with Gasteiger partial charge in [0.25, 0.3) is 0 Å². The van der Waals surface area contributed by atoms with Gasteiger partial charge in [0.1, 0.15) is 0 Å². The lowest BCUT2D eigenvalue weighted by Crippen LogP contribution is -2.26. The molecule has 0 spiro atoms. The van der Waals surface area contributed by atoms with E-state index in [1.54, 1.807) is 0 Å². The van der Waals surface area contributed by atoms with E-state index in [9.17, 15) is 9.90 Å². The summed E-state index contributed by atoms with van der Waals surface area (Å²) in [4.78, 5) is 10.6. The predicted molar refractivity (Wildman–Crippen MR) is 110 cm³/mol. The van der Waals surface area contributed by atoms with Crippen LogP contribution in [-0.2, 0) is 9.53 Å². The molecule has 2 N–H and O–H groups in total. The number of fused-ring (bicyclic) bond motifs is 2. The van der Waals surface area contributed by atoms with E-state index in [1.807, 2.05) is 24.3 Å². The van der Waals surface area contributed by atoms with Crippen LogP contribution in [0.2, 0.25) is 0 Å². The Kier molecular flexibility index (Phi) is 7.46. The minimum atomic E-state index is -0.733. The molecule has 2 bridgehead atoms. The van der Waals surface area contributed by atoms with Gasteiger partial charge in [0.05, 0.1) is 18.3 Å². The fourth-order valence-electron chi connectivity index (χ4n) is 4.49. The molecule has 28 heavy (non-hydrogen) atoms. The summed E-state index contributed by atoms with van der Waals surface area (Å²) < 4.78 is 6.14. The monoisotopic (exact) mass is 384 g/mol. The van der Waals surface area contributed by atoms with Gasteiger partial charge in [-0.2, -0.15) is 0 Å². The van der Waals surface area contributed by atoms with Crippen LogP contribution in [0.15, 0.2) is 54.6 Å². The van der Waals surface area contributed by atoms with Crippen LogP contribution in [0.4, 0.5) is 0 Å². The van der Waals surface area contributed by atoms with E-state index in [-0.39, 0.29) is 18.4 Å². The first-order valence-corrected chi connectivity index (χ1v) is 10.5. The molecule has 0 radical (unpaired) electrons. The maximum atomic E-state index is 10.6. The Bertz CT molecular complexity index is 681. The van der Waals surface area contributed by atoms with E-state index in [4.69, 9.17) is 9.84 Å². The molecule has 6 atom stereocenters. The summed E-state index contributed by atoms with van der Waals surface area (Å²) in [5, 5.41) is 19.3. The summed E-state index contributed by atoms with van der Waals surface area (Å²) in [6, 6.07) is 10.1. The van der Waals surface area contributed by atoms with Gasteiger partial charge in [0, 0.05) is 18.3 Å². The smallest absolute Gasteiger partial charge is 0.303 e. The lowest BCUT2D eigenvalue weighted by atomic mass is 9.77. The van der Waals surface area contributed by atoms with Crippen molar-refractivity contribution in [3.8, 4) is 0 Å². The SMILES string of the molecule is C[C@H](c1ccccc1)[C@H](O)/C=C/C1C2CCC(O2)[C@@H]1C/C=C\CCCC(=O)O. The molecule has 3 unspecified atom stereocenters. The van der Waals surface area contributed by atoms with Crippen molar-refractivity contribution in [3.05, 3.63) is 60.2 Å². The molecule has 3 rings (SSSR count). The highest BCUT2D eigenvalue weighted by atomic mass is 16.5. The van der Waals surface area contributed by atoms with Crippen LogP contribution >= 0.6 is 0 Å². The van der Waals surface area contributed by atoms with Crippen molar-refractivity contribution in [2.45, 2.75) is 69.7 Å². The van der Waals surface area contributed by atoms with E-state index in [2.05, 4.69) is 37.3 Å². The van der Waals surface area contributed by atoms with Gasteiger partial charge < -0.3 is 14.9 Å². The van der Waals surface area contributed by atoms with Crippen LogP contribution in [0, 0.1) is 11.8 Å². The van der Waals surface area contributed by atoms with Gasteiger partial charge in [-0.3, -0.25) is 4.79 Å². The molecule has 0 aliphatic carbocycles. The summed E-state index contributed by atoms with van der Waals surface area (Å²) in [7, 11) is 0. The number of ether oxygens (including phenoxy) is 1. The van der Waals surface area contributed by atoms with Gasteiger partial charge in [-0.25, -0.2) is 0 Å². The largest absolute Gasteiger partial charge is 0.481 e. The Hall–Kier alpha value is -1.91. The number of hydrogen-bond donors (Lipinski definition) is 2. The van der Waals surface area contributed by atoms with Crippen molar-refractivity contribution in [1.29, 1.82) is 0 Å². The highest BCUT2D eigenvalue weighted by Crippen LogP contribution is 2.46. The van der Waals surface area contributed by atoms with E-state index < -0.39 is 12.1 Å². The van der Waals surface area contributed by atoms with Crippen LogP contribution in [0.1, 0.15) is 56.9 Å². The zero-order valence-corrected chi connectivity index (χ0v) is 16.6. The quantitative estimate of drug-likeness (QED) is 0.453. The van der Waals surface area contributed by atoms with Crippen LogP contribution < -0.4 is 0 Å². The van der Waals surface area contributed by atoms with E-state index in [1.165, 1.54) is 0 Å². The number of carbonyl (C=O) groups is 1. The molecule has 1 aromatic carbocycles. The van der Waals surface area contributed by atoms with Crippen LogP contribution in [0.5, 0.6) is 0 Å². The number of rotatable bonds is 10. The number of aliphatic hydroxyl groups excluding tert-OH is 1. The molecule has 4 heteroatoms. The second-order valence-corrected chi connectivity index (χ2v) is 8.10. The number of hydrogen-bond acceptors (Lipinski definition) is 3. The van der Waals surface area contributed by atoms with Gasteiger partial charge in [0.15, 0.2) is 0 Å². The van der Waals surface area contributed by atoms with E-state index >= 15 is 0 Å². The lowest BCUT2D eigenvalue weighted by molar-refractivity contribution is -0.137. The Labute approximate surface area is 167 Å². The maximum Gasteiger partial charge on any atom is 0.303 e. The third-order valence-corrected chi connectivity index (χ3v) is 6.19. The fraction of sp³-hybridized carbons (Fsp3) is 0.542. The molecule has 2 fully saturated rings. The van der Waals surface area contributed by atoms with Crippen molar-refractivity contribution in [2.75, 3.05) is 0 Å². The summed E-state index contributed by atoms with van der Waals surface area (Å²) in [5.74, 6) is 0.123. The van der Waals surface area contributed by atoms with E-state index in [0.717, 1.165) is 31.2 Å². The normalized spacial score (nSPS) is 28.9. The third kappa shape index (κ3) is 5.33. The minimum Gasteiger partial charge on any atom is -0.481 e. The standard InChI is InChI=1S/C24H32O4/c1-17(18-9-5-4-6-10-18)21(25)14-13-20-19(22-15-16-23(20)28-22)11-7-2-3-8-12-24(26)27/h2,4-7,9-10,13-14,17,19-23,25H,3,8,11-12,15-16H2,1H3,(H,26,27)/b7-2-,14-13+/t17-,19-,20?,21-,22?,23?/m1/s1. The molecule has 1 aromatic rings. The number of carboxylic acids is 1.